The van der Waals surface area contributed by atoms with Crippen LogP contribution in [0.4, 0.5) is 11.6 Å². The maximum Gasteiger partial charge on any atom is 0.137 e. The lowest BCUT2D eigenvalue weighted by molar-refractivity contribution is 0.697. The Balaban J connectivity index is 3.16. The number of hydrogen-bond donors (Lipinski definition) is 1. The molecule has 1 atom stereocenters. The fourth-order valence-electron chi connectivity index (χ4n) is 2.11. The van der Waals surface area contributed by atoms with Crippen LogP contribution < -0.4 is 10.2 Å². The molecule has 0 aliphatic heterocycles. The number of nitriles is 1. The van der Waals surface area contributed by atoms with Crippen LogP contribution >= 0.6 is 0 Å². The van der Waals surface area contributed by atoms with E-state index in [-0.39, 0.29) is 11.8 Å². The van der Waals surface area contributed by atoms with Gasteiger partial charge in [-0.2, -0.15) is 5.26 Å². The molecule has 0 spiro atoms. The molecule has 5 heteroatoms. The second-order valence-electron chi connectivity index (χ2n) is 5.87. The summed E-state index contributed by atoms with van der Waals surface area (Å²) >= 11 is 0. The van der Waals surface area contributed by atoms with E-state index >= 15 is 0 Å². The predicted molar refractivity (Wildman–Crippen MR) is 87.7 cm³/mol. The molecular weight excluding hydrogens is 262 g/mol. The summed E-state index contributed by atoms with van der Waals surface area (Å²) in [5.41, 5.74) is 1.04. The van der Waals surface area contributed by atoms with Gasteiger partial charge in [-0.25, -0.2) is 9.97 Å². The van der Waals surface area contributed by atoms with Crippen LogP contribution in [0.3, 0.4) is 0 Å². The summed E-state index contributed by atoms with van der Waals surface area (Å²) in [5.74, 6) is 2.90. The highest BCUT2D eigenvalue weighted by molar-refractivity contribution is 5.58. The van der Waals surface area contributed by atoms with E-state index in [0.29, 0.717) is 6.54 Å². The quantitative estimate of drug-likeness (QED) is 0.834. The molecule has 0 aliphatic rings. The fourth-order valence-corrected chi connectivity index (χ4v) is 2.11. The third-order valence-corrected chi connectivity index (χ3v) is 3.33. The van der Waals surface area contributed by atoms with E-state index < -0.39 is 0 Å². The van der Waals surface area contributed by atoms with Crippen molar-refractivity contribution in [3.05, 3.63) is 11.4 Å². The molecule has 21 heavy (non-hydrogen) atoms. The van der Waals surface area contributed by atoms with Gasteiger partial charge in [-0.05, 0) is 20.3 Å². The summed E-state index contributed by atoms with van der Waals surface area (Å²) in [6.45, 7) is 11.8. The van der Waals surface area contributed by atoms with Crippen LogP contribution in [0.25, 0.3) is 0 Å². The number of nitrogens with one attached hydrogen (secondary N) is 1. The predicted octanol–water partition coefficient (Wildman–Crippen LogP) is 3.33. The van der Waals surface area contributed by atoms with Gasteiger partial charge >= 0.3 is 0 Å². The van der Waals surface area contributed by atoms with Crippen LogP contribution in [0, 0.1) is 24.2 Å². The standard InChI is InChI=1S/C16H27N5/c1-7-8-18-15-13(5)16(20-14(19-15)11(2)3)21(6)10-12(4)9-17/h11-12H,7-8,10H2,1-6H3,(H,18,19,20). The van der Waals surface area contributed by atoms with Gasteiger partial charge in [0.15, 0.2) is 0 Å². The third-order valence-electron chi connectivity index (χ3n) is 3.33. The Morgan fingerprint density at radius 1 is 1.29 bits per heavy atom. The number of aromatic nitrogens is 2. The number of nitrogens with zero attached hydrogens (tertiary/aromatic N) is 4. The summed E-state index contributed by atoms with van der Waals surface area (Å²) in [4.78, 5) is 11.4. The molecule has 0 bridgehead atoms. The van der Waals surface area contributed by atoms with Gasteiger partial charge in [0, 0.05) is 31.6 Å². The Labute approximate surface area is 128 Å². The third kappa shape index (κ3) is 4.59. The van der Waals surface area contributed by atoms with Crippen LogP contribution in [0.2, 0.25) is 0 Å². The zero-order chi connectivity index (χ0) is 16.0. The molecule has 0 radical (unpaired) electrons. The first-order chi connectivity index (χ1) is 9.90. The highest BCUT2D eigenvalue weighted by Crippen LogP contribution is 2.25. The van der Waals surface area contributed by atoms with Gasteiger partial charge in [0.25, 0.3) is 0 Å². The van der Waals surface area contributed by atoms with E-state index in [0.717, 1.165) is 36.0 Å². The van der Waals surface area contributed by atoms with E-state index in [9.17, 15) is 0 Å². The summed E-state index contributed by atoms with van der Waals surface area (Å²) in [5, 5.41) is 12.4. The van der Waals surface area contributed by atoms with E-state index in [1.807, 2.05) is 25.8 Å². The van der Waals surface area contributed by atoms with Gasteiger partial charge in [-0.15, -0.1) is 0 Å². The first-order valence-electron chi connectivity index (χ1n) is 7.63. The molecule has 0 amide bonds. The SMILES string of the molecule is CCCNc1nc(C(C)C)nc(N(C)CC(C)C#N)c1C. The normalized spacial score (nSPS) is 12.1. The van der Waals surface area contributed by atoms with Crippen LogP contribution in [0.1, 0.15) is 51.4 Å². The van der Waals surface area contributed by atoms with Crippen molar-refractivity contribution in [2.45, 2.75) is 47.0 Å². The van der Waals surface area contributed by atoms with Crippen molar-refractivity contribution in [2.75, 3.05) is 30.4 Å². The Hall–Kier alpha value is -1.83. The van der Waals surface area contributed by atoms with Crippen molar-refractivity contribution in [1.29, 1.82) is 5.26 Å². The minimum absolute atomic E-state index is 0.0288. The first-order valence-corrected chi connectivity index (χ1v) is 7.63. The molecule has 0 aliphatic carbocycles. The summed E-state index contributed by atoms with van der Waals surface area (Å²) in [6.07, 6.45) is 1.05. The van der Waals surface area contributed by atoms with E-state index in [1.165, 1.54) is 0 Å². The van der Waals surface area contributed by atoms with Crippen LogP contribution in [0.5, 0.6) is 0 Å². The van der Waals surface area contributed by atoms with Crippen molar-refractivity contribution >= 4 is 11.6 Å². The fraction of sp³-hybridized carbons (Fsp3) is 0.688. The lowest BCUT2D eigenvalue weighted by Gasteiger charge is -2.24. The van der Waals surface area contributed by atoms with Crippen molar-refractivity contribution in [3.8, 4) is 6.07 Å². The van der Waals surface area contributed by atoms with Gasteiger partial charge in [-0.1, -0.05) is 20.8 Å². The van der Waals surface area contributed by atoms with Crippen molar-refractivity contribution in [1.82, 2.24) is 9.97 Å². The molecule has 1 rings (SSSR count). The average molecular weight is 289 g/mol. The topological polar surface area (TPSA) is 64.8 Å². The van der Waals surface area contributed by atoms with Gasteiger partial charge in [-0.3, -0.25) is 0 Å². The van der Waals surface area contributed by atoms with Gasteiger partial charge in [0.2, 0.25) is 0 Å². The van der Waals surface area contributed by atoms with Crippen molar-refractivity contribution < 1.29 is 0 Å². The monoisotopic (exact) mass is 289 g/mol. The summed E-state index contributed by atoms with van der Waals surface area (Å²) < 4.78 is 0. The van der Waals surface area contributed by atoms with Gasteiger partial charge in [0.1, 0.15) is 17.5 Å². The number of hydrogen-bond acceptors (Lipinski definition) is 5. The highest BCUT2D eigenvalue weighted by Gasteiger charge is 2.17. The molecule has 1 unspecified atom stereocenters. The number of rotatable bonds is 7. The Morgan fingerprint density at radius 2 is 1.95 bits per heavy atom. The molecule has 1 N–H and O–H groups in total. The Bertz CT molecular complexity index is 504. The number of anilines is 2. The van der Waals surface area contributed by atoms with Crippen molar-refractivity contribution in [2.24, 2.45) is 5.92 Å². The van der Waals surface area contributed by atoms with Crippen LogP contribution in [-0.2, 0) is 0 Å². The molecule has 0 fully saturated rings. The van der Waals surface area contributed by atoms with E-state index in [1.54, 1.807) is 0 Å². The molecule has 1 aromatic rings. The Kier molecular flexibility index (Phi) is 6.41. The molecule has 0 saturated carbocycles. The second-order valence-corrected chi connectivity index (χ2v) is 5.87. The van der Waals surface area contributed by atoms with Gasteiger partial charge in [0.05, 0.1) is 12.0 Å². The molecule has 0 aromatic carbocycles. The van der Waals surface area contributed by atoms with E-state index in [4.69, 9.17) is 10.2 Å². The van der Waals surface area contributed by atoms with Crippen LogP contribution in [-0.4, -0.2) is 30.1 Å². The maximum atomic E-state index is 8.99. The Morgan fingerprint density at radius 3 is 2.48 bits per heavy atom. The van der Waals surface area contributed by atoms with E-state index in [2.05, 4.69) is 37.1 Å². The maximum absolute atomic E-state index is 8.99. The summed E-state index contributed by atoms with van der Waals surface area (Å²) in [7, 11) is 1.98. The molecule has 1 heterocycles. The molecule has 0 saturated heterocycles. The zero-order valence-corrected chi connectivity index (χ0v) is 14.1. The van der Waals surface area contributed by atoms with Gasteiger partial charge < -0.3 is 10.2 Å². The highest BCUT2D eigenvalue weighted by atomic mass is 15.2. The largest absolute Gasteiger partial charge is 0.370 e. The van der Waals surface area contributed by atoms with Crippen molar-refractivity contribution in [3.63, 3.8) is 0 Å². The molecular formula is C16H27N5. The van der Waals surface area contributed by atoms with Crippen LogP contribution in [0.15, 0.2) is 0 Å². The minimum atomic E-state index is -0.0288. The second kappa shape index (κ2) is 7.82. The minimum Gasteiger partial charge on any atom is -0.370 e. The smallest absolute Gasteiger partial charge is 0.137 e. The summed E-state index contributed by atoms with van der Waals surface area (Å²) in [6, 6.07) is 2.27. The lowest BCUT2D eigenvalue weighted by Crippen LogP contribution is -2.26. The lowest BCUT2D eigenvalue weighted by atomic mass is 10.1. The molecule has 116 valence electrons. The zero-order valence-electron chi connectivity index (χ0n) is 14.1. The molecule has 5 nitrogen and oxygen atoms in total. The first kappa shape index (κ1) is 17.2. The average Bonchev–Trinajstić information content (AvgIpc) is 2.45. The molecule has 1 aromatic heterocycles.